The van der Waals surface area contributed by atoms with E-state index in [1.54, 1.807) is 13.8 Å². The normalized spacial score (nSPS) is 24.9. The molecule has 1 aliphatic heterocycles. The highest BCUT2D eigenvalue weighted by Gasteiger charge is 2.41. The Hall–Kier alpha value is -1.08. The molecule has 1 N–H and O–H groups in total. The van der Waals surface area contributed by atoms with Gasteiger partial charge in [-0.1, -0.05) is 18.7 Å². The molecule has 2 unspecified atom stereocenters. The van der Waals surface area contributed by atoms with E-state index in [4.69, 9.17) is 9.84 Å². The van der Waals surface area contributed by atoms with Crippen molar-refractivity contribution in [1.29, 1.82) is 0 Å². The summed E-state index contributed by atoms with van der Waals surface area (Å²) in [7, 11) is 0. The summed E-state index contributed by atoms with van der Waals surface area (Å²) in [5.74, 6) is -1.42. The highest BCUT2D eigenvalue weighted by atomic mass is 32.2. The Morgan fingerprint density at radius 3 is 2.61 bits per heavy atom. The van der Waals surface area contributed by atoms with Gasteiger partial charge < -0.3 is 14.7 Å². The third-order valence-corrected chi connectivity index (χ3v) is 3.82. The zero-order chi connectivity index (χ0) is 13.9. The second-order valence-electron chi connectivity index (χ2n) is 4.30. The number of carboxylic acids is 1. The molecule has 0 spiro atoms. The number of carbonyl (C=O) groups excluding carboxylic acids is 2. The van der Waals surface area contributed by atoms with Crippen LogP contribution in [0.5, 0.6) is 0 Å². The van der Waals surface area contributed by atoms with Crippen LogP contribution < -0.4 is 0 Å². The van der Waals surface area contributed by atoms with Crippen LogP contribution in [0, 0.1) is 5.92 Å². The van der Waals surface area contributed by atoms with E-state index in [0.29, 0.717) is 5.75 Å². The van der Waals surface area contributed by atoms with Gasteiger partial charge in [-0.25, -0.2) is 4.79 Å². The number of carbonyl (C=O) groups is 3. The van der Waals surface area contributed by atoms with Crippen molar-refractivity contribution in [2.24, 2.45) is 5.92 Å². The predicted molar refractivity (Wildman–Crippen MR) is 66.0 cm³/mol. The summed E-state index contributed by atoms with van der Waals surface area (Å²) in [5.41, 5.74) is 0. The second kappa shape index (κ2) is 6.19. The van der Waals surface area contributed by atoms with E-state index in [0.717, 1.165) is 11.8 Å². The first-order valence-corrected chi connectivity index (χ1v) is 6.61. The molecule has 1 fully saturated rings. The van der Waals surface area contributed by atoms with Crippen LogP contribution in [0.25, 0.3) is 0 Å². The number of nitrogens with zero attached hydrogens (tertiary/aromatic N) is 1. The molecule has 0 aliphatic carbocycles. The minimum atomic E-state index is -1.07. The lowest BCUT2D eigenvalue weighted by atomic mass is 10.1. The lowest BCUT2D eigenvalue weighted by Gasteiger charge is -2.23. The topological polar surface area (TPSA) is 83.9 Å². The Kier molecular flexibility index (Phi) is 5.15. The maximum atomic E-state index is 12.1. The zero-order valence-electron chi connectivity index (χ0n) is 10.6. The number of ether oxygens (including phenoxy) is 1. The molecule has 102 valence electrons. The summed E-state index contributed by atoms with van der Waals surface area (Å²) < 4.78 is 5.19. The maximum absolute atomic E-state index is 12.1. The van der Waals surface area contributed by atoms with Crippen molar-refractivity contribution in [3.8, 4) is 0 Å². The second-order valence-corrected chi connectivity index (χ2v) is 5.49. The molecule has 0 saturated carbocycles. The molecule has 1 heterocycles. The van der Waals surface area contributed by atoms with E-state index in [2.05, 4.69) is 0 Å². The fourth-order valence-electron chi connectivity index (χ4n) is 1.75. The van der Waals surface area contributed by atoms with Crippen molar-refractivity contribution in [3.63, 3.8) is 0 Å². The van der Waals surface area contributed by atoms with E-state index >= 15 is 0 Å². The Morgan fingerprint density at radius 1 is 1.50 bits per heavy atom. The first-order valence-electron chi connectivity index (χ1n) is 5.62. The highest BCUT2D eigenvalue weighted by Crippen LogP contribution is 2.21. The van der Waals surface area contributed by atoms with Gasteiger partial charge in [0.15, 0.2) is 11.2 Å². The van der Waals surface area contributed by atoms with Crippen LogP contribution in [0.4, 0.5) is 0 Å². The SMILES string of the molecule is CC(=O)SCC(C)C(=O)N1COC(C)[C@H]1C(=O)O. The Labute approximate surface area is 110 Å². The number of thioether (sulfide) groups is 1. The van der Waals surface area contributed by atoms with Crippen LogP contribution in [-0.2, 0) is 19.1 Å². The van der Waals surface area contributed by atoms with Gasteiger partial charge >= 0.3 is 5.97 Å². The average molecular weight is 275 g/mol. The van der Waals surface area contributed by atoms with Crippen LogP contribution in [-0.4, -0.2) is 51.6 Å². The van der Waals surface area contributed by atoms with Gasteiger partial charge in [-0.3, -0.25) is 9.59 Å². The van der Waals surface area contributed by atoms with Crippen molar-refractivity contribution in [2.45, 2.75) is 32.9 Å². The number of hydrogen-bond donors (Lipinski definition) is 1. The Morgan fingerprint density at radius 2 is 2.11 bits per heavy atom. The summed E-state index contributed by atoms with van der Waals surface area (Å²) in [6.07, 6.45) is -0.515. The van der Waals surface area contributed by atoms with Gasteiger partial charge in [0.05, 0.1) is 6.10 Å². The standard InChI is InChI=1S/C11H17NO5S/c1-6(4-18-8(3)13)10(14)12-5-17-7(2)9(12)11(15)16/h6-7,9H,4-5H2,1-3H3,(H,15,16)/t6?,7?,9-/m0/s1. The van der Waals surface area contributed by atoms with E-state index in [1.807, 2.05) is 0 Å². The van der Waals surface area contributed by atoms with E-state index < -0.39 is 24.0 Å². The number of hydrogen-bond acceptors (Lipinski definition) is 5. The number of carboxylic acid groups (broad SMARTS) is 1. The first kappa shape index (κ1) is 15.0. The van der Waals surface area contributed by atoms with Gasteiger partial charge in [0, 0.05) is 18.6 Å². The molecule has 0 radical (unpaired) electrons. The predicted octanol–water partition coefficient (Wildman–Crippen LogP) is 0.560. The smallest absolute Gasteiger partial charge is 0.329 e. The average Bonchev–Trinajstić information content (AvgIpc) is 2.66. The third-order valence-electron chi connectivity index (χ3n) is 2.75. The molecule has 6 nitrogen and oxygen atoms in total. The van der Waals surface area contributed by atoms with Crippen molar-refractivity contribution in [3.05, 3.63) is 0 Å². The van der Waals surface area contributed by atoms with Crippen LogP contribution in [0.1, 0.15) is 20.8 Å². The summed E-state index contributed by atoms with van der Waals surface area (Å²) in [6, 6.07) is -0.942. The molecule has 1 amide bonds. The van der Waals surface area contributed by atoms with Gasteiger partial charge in [0.1, 0.15) is 6.73 Å². The Bertz CT molecular complexity index is 359. The number of rotatable bonds is 4. The molecule has 1 rings (SSSR count). The fraction of sp³-hybridized carbons (Fsp3) is 0.727. The first-order chi connectivity index (χ1) is 8.34. The van der Waals surface area contributed by atoms with Crippen LogP contribution in [0.3, 0.4) is 0 Å². The lowest BCUT2D eigenvalue weighted by Crippen LogP contribution is -2.46. The maximum Gasteiger partial charge on any atom is 0.329 e. The minimum Gasteiger partial charge on any atom is -0.480 e. The number of aliphatic carboxylic acids is 1. The quantitative estimate of drug-likeness (QED) is 0.807. The Balaban J connectivity index is 2.65. The molecule has 18 heavy (non-hydrogen) atoms. The molecule has 1 aliphatic rings. The molecule has 0 bridgehead atoms. The zero-order valence-corrected chi connectivity index (χ0v) is 11.4. The van der Waals surface area contributed by atoms with Gasteiger partial charge in [-0.05, 0) is 6.92 Å². The molecular weight excluding hydrogens is 258 g/mol. The van der Waals surface area contributed by atoms with Crippen molar-refractivity contribution < 1.29 is 24.2 Å². The van der Waals surface area contributed by atoms with Gasteiger partial charge in [-0.15, -0.1) is 0 Å². The summed E-state index contributed by atoms with van der Waals surface area (Å²) >= 11 is 1.06. The van der Waals surface area contributed by atoms with E-state index in [1.165, 1.54) is 11.8 Å². The number of amides is 1. The molecule has 0 aromatic rings. The molecule has 0 aromatic heterocycles. The molecule has 7 heteroatoms. The summed E-state index contributed by atoms with van der Waals surface area (Å²) in [5, 5.41) is 9.01. The van der Waals surface area contributed by atoms with Crippen LogP contribution >= 0.6 is 11.8 Å². The van der Waals surface area contributed by atoms with Crippen LogP contribution in [0.15, 0.2) is 0 Å². The van der Waals surface area contributed by atoms with Crippen molar-refractivity contribution in [1.82, 2.24) is 4.90 Å². The van der Waals surface area contributed by atoms with Crippen molar-refractivity contribution in [2.75, 3.05) is 12.5 Å². The van der Waals surface area contributed by atoms with Crippen LogP contribution in [0.2, 0.25) is 0 Å². The fourth-order valence-corrected chi connectivity index (χ4v) is 2.38. The third kappa shape index (κ3) is 3.46. The minimum absolute atomic E-state index is 0.00789. The van der Waals surface area contributed by atoms with Gasteiger partial charge in [-0.2, -0.15) is 0 Å². The van der Waals surface area contributed by atoms with Crippen molar-refractivity contribution >= 4 is 28.8 Å². The molecule has 0 aromatic carbocycles. The molecular formula is C11H17NO5S. The molecule has 1 saturated heterocycles. The van der Waals surface area contributed by atoms with Gasteiger partial charge in [0.25, 0.3) is 0 Å². The largest absolute Gasteiger partial charge is 0.480 e. The lowest BCUT2D eigenvalue weighted by molar-refractivity contribution is -0.149. The molecule has 3 atom stereocenters. The summed E-state index contributed by atoms with van der Waals surface area (Å²) in [6.45, 7) is 4.73. The summed E-state index contributed by atoms with van der Waals surface area (Å²) in [4.78, 5) is 35.2. The van der Waals surface area contributed by atoms with Gasteiger partial charge in [0.2, 0.25) is 5.91 Å². The highest BCUT2D eigenvalue weighted by molar-refractivity contribution is 8.13. The van der Waals surface area contributed by atoms with E-state index in [9.17, 15) is 14.4 Å². The monoisotopic (exact) mass is 275 g/mol. The van der Waals surface area contributed by atoms with E-state index in [-0.39, 0.29) is 17.8 Å².